The molecule has 3 aliphatic rings. The Balaban J connectivity index is 1.80. The molecule has 4 nitrogen and oxygen atoms in total. The lowest BCUT2D eigenvalue weighted by Gasteiger charge is -2.34. The summed E-state index contributed by atoms with van der Waals surface area (Å²) in [5.41, 5.74) is 0.660. The van der Waals surface area contributed by atoms with Gasteiger partial charge in [0.25, 0.3) is 0 Å². The third kappa shape index (κ3) is 2.82. The zero-order valence-electron chi connectivity index (χ0n) is 12.0. The number of hydrogen-bond donors (Lipinski definition) is 0. The summed E-state index contributed by atoms with van der Waals surface area (Å²) in [5, 5.41) is 0.951. The number of carbonyl (C=O) groups excluding carboxylic acids is 1. The number of amides is 1. The van der Waals surface area contributed by atoms with Crippen LogP contribution in [0, 0.1) is 5.92 Å². The van der Waals surface area contributed by atoms with E-state index in [9.17, 15) is 4.79 Å². The fraction of sp³-hybridized carbons (Fsp3) is 0.533. The van der Waals surface area contributed by atoms with Crippen LogP contribution in [0.15, 0.2) is 28.3 Å². The largest absolute Gasteiger partial charge is 0.299 e. The first-order valence-electron chi connectivity index (χ1n) is 7.33. The summed E-state index contributed by atoms with van der Waals surface area (Å²) in [6.45, 7) is 4.91. The fourth-order valence-corrected chi connectivity index (χ4v) is 3.66. The monoisotopic (exact) mass is 323 g/mol. The first kappa shape index (κ1) is 14.9. The first-order chi connectivity index (χ1) is 10.1. The number of hydrogen-bond acceptors (Lipinski definition) is 3. The van der Waals surface area contributed by atoms with Crippen molar-refractivity contribution in [3.8, 4) is 0 Å². The van der Waals surface area contributed by atoms with E-state index >= 15 is 0 Å². The van der Waals surface area contributed by atoms with E-state index in [1.54, 1.807) is 17.1 Å². The van der Waals surface area contributed by atoms with Crippen molar-refractivity contribution in [2.45, 2.75) is 25.8 Å². The van der Waals surface area contributed by atoms with Gasteiger partial charge in [-0.05, 0) is 50.3 Å². The number of thiocarbonyl (C=S) groups is 1. The van der Waals surface area contributed by atoms with E-state index in [2.05, 4.69) is 16.8 Å². The standard InChI is InChI=1S/C15H18ClN3OS/c1-2-18-7-3-4-11(18)9-19-14(20)12-6-5-10(16)8-13(12)17-15(19)21/h5-6,8,11-12H,2-4,7,9H2,1H3. The second kappa shape index (κ2) is 5.99. The predicted molar refractivity (Wildman–Crippen MR) is 88.6 cm³/mol. The van der Waals surface area contributed by atoms with E-state index in [4.69, 9.17) is 23.8 Å². The number of aliphatic imine (C=N–C) groups is 1. The van der Waals surface area contributed by atoms with Gasteiger partial charge in [0.05, 0.1) is 11.6 Å². The molecule has 0 aromatic rings. The van der Waals surface area contributed by atoms with Gasteiger partial charge in [0.1, 0.15) is 0 Å². The van der Waals surface area contributed by atoms with Crippen LogP contribution in [0.2, 0.25) is 0 Å². The lowest BCUT2D eigenvalue weighted by molar-refractivity contribution is -0.129. The molecule has 0 spiro atoms. The van der Waals surface area contributed by atoms with Crippen LogP contribution in [0.4, 0.5) is 0 Å². The summed E-state index contributed by atoms with van der Waals surface area (Å²) >= 11 is 11.3. The van der Waals surface area contributed by atoms with Crippen LogP contribution >= 0.6 is 23.8 Å². The van der Waals surface area contributed by atoms with Crippen LogP contribution < -0.4 is 0 Å². The van der Waals surface area contributed by atoms with Gasteiger partial charge in [-0.25, -0.2) is 4.99 Å². The highest BCUT2D eigenvalue weighted by molar-refractivity contribution is 7.80. The van der Waals surface area contributed by atoms with Gasteiger partial charge in [0.15, 0.2) is 0 Å². The maximum Gasteiger partial charge on any atom is 0.241 e. The minimum absolute atomic E-state index is 0.0182. The molecule has 1 amide bonds. The molecular formula is C15H18ClN3OS. The van der Waals surface area contributed by atoms with Gasteiger partial charge in [-0.3, -0.25) is 14.6 Å². The van der Waals surface area contributed by atoms with E-state index in [-0.39, 0.29) is 11.8 Å². The molecule has 1 aliphatic carbocycles. The molecule has 0 aromatic heterocycles. The summed E-state index contributed by atoms with van der Waals surface area (Å²) < 4.78 is 0. The minimum Gasteiger partial charge on any atom is -0.299 e. The van der Waals surface area contributed by atoms with Crippen LogP contribution in [-0.4, -0.2) is 52.2 Å². The maximum atomic E-state index is 12.7. The second-order valence-electron chi connectivity index (χ2n) is 5.56. The van der Waals surface area contributed by atoms with E-state index in [0.29, 0.717) is 28.4 Å². The number of allylic oxidation sites excluding steroid dienone is 3. The number of likely N-dealkylation sites (tertiary alicyclic amines) is 1. The summed E-state index contributed by atoms with van der Waals surface area (Å²) in [6, 6.07) is 0.389. The van der Waals surface area contributed by atoms with Gasteiger partial charge in [0.2, 0.25) is 11.0 Å². The van der Waals surface area contributed by atoms with Crippen molar-refractivity contribution in [3.05, 3.63) is 23.3 Å². The molecule has 0 radical (unpaired) electrons. The maximum absolute atomic E-state index is 12.7. The molecule has 0 saturated carbocycles. The van der Waals surface area contributed by atoms with Gasteiger partial charge >= 0.3 is 0 Å². The summed E-state index contributed by atoms with van der Waals surface area (Å²) in [5.74, 6) is -0.319. The average molecular weight is 324 g/mol. The molecule has 2 aliphatic heterocycles. The smallest absolute Gasteiger partial charge is 0.241 e. The molecule has 21 heavy (non-hydrogen) atoms. The Labute approximate surface area is 135 Å². The molecule has 0 aromatic carbocycles. The molecule has 3 rings (SSSR count). The first-order valence-corrected chi connectivity index (χ1v) is 8.12. The average Bonchev–Trinajstić information content (AvgIpc) is 2.90. The van der Waals surface area contributed by atoms with Crippen LogP contribution in [0.5, 0.6) is 0 Å². The zero-order chi connectivity index (χ0) is 15.0. The molecule has 6 heteroatoms. The van der Waals surface area contributed by atoms with Crippen molar-refractivity contribution in [3.63, 3.8) is 0 Å². The van der Waals surface area contributed by atoms with Crippen molar-refractivity contribution in [1.82, 2.24) is 9.80 Å². The van der Waals surface area contributed by atoms with Gasteiger partial charge in [-0.1, -0.05) is 24.6 Å². The Morgan fingerprint density at radius 3 is 3.10 bits per heavy atom. The van der Waals surface area contributed by atoms with Crippen LogP contribution in [0.3, 0.4) is 0 Å². The molecule has 0 N–H and O–H groups in total. The Hall–Kier alpha value is -1.04. The lowest BCUT2D eigenvalue weighted by atomic mass is 9.95. The molecule has 1 fully saturated rings. The Morgan fingerprint density at radius 1 is 1.52 bits per heavy atom. The van der Waals surface area contributed by atoms with Crippen molar-refractivity contribution in [1.29, 1.82) is 0 Å². The van der Waals surface area contributed by atoms with E-state index in [1.165, 1.54) is 6.42 Å². The quantitative estimate of drug-likeness (QED) is 0.748. The van der Waals surface area contributed by atoms with Crippen LogP contribution in [-0.2, 0) is 4.79 Å². The van der Waals surface area contributed by atoms with E-state index in [1.807, 2.05) is 6.08 Å². The number of likely N-dealkylation sites (N-methyl/N-ethyl adjacent to an activating group) is 1. The molecule has 2 heterocycles. The van der Waals surface area contributed by atoms with Crippen molar-refractivity contribution in [2.24, 2.45) is 10.9 Å². The van der Waals surface area contributed by atoms with Crippen molar-refractivity contribution >= 4 is 40.6 Å². The molecule has 1 saturated heterocycles. The van der Waals surface area contributed by atoms with Gasteiger partial charge in [0, 0.05) is 17.6 Å². The summed E-state index contributed by atoms with van der Waals surface area (Å²) in [6.07, 6.45) is 7.59. The van der Waals surface area contributed by atoms with Crippen LogP contribution in [0.1, 0.15) is 19.8 Å². The number of fused-ring (bicyclic) bond motifs is 1. The third-order valence-electron chi connectivity index (χ3n) is 4.34. The topological polar surface area (TPSA) is 35.9 Å². The van der Waals surface area contributed by atoms with Crippen molar-refractivity contribution in [2.75, 3.05) is 19.6 Å². The Morgan fingerprint density at radius 2 is 2.33 bits per heavy atom. The molecule has 2 unspecified atom stereocenters. The minimum atomic E-state index is -0.337. The molecule has 0 bridgehead atoms. The SMILES string of the molecule is CCN1CCCC1CN1C(=O)C2C=CC(Cl)=CC2=NC1=S. The highest BCUT2D eigenvalue weighted by atomic mass is 35.5. The summed E-state index contributed by atoms with van der Waals surface area (Å²) in [4.78, 5) is 21.1. The number of carbonyl (C=O) groups is 1. The molecular weight excluding hydrogens is 306 g/mol. The molecule has 112 valence electrons. The van der Waals surface area contributed by atoms with Gasteiger partial charge < -0.3 is 0 Å². The second-order valence-corrected chi connectivity index (χ2v) is 6.36. The normalized spacial score (nSPS) is 29.5. The summed E-state index contributed by atoms with van der Waals surface area (Å²) in [7, 11) is 0. The van der Waals surface area contributed by atoms with Gasteiger partial charge in [-0.15, -0.1) is 0 Å². The van der Waals surface area contributed by atoms with Gasteiger partial charge in [-0.2, -0.15) is 0 Å². The molecule has 2 atom stereocenters. The fourth-order valence-electron chi connectivity index (χ4n) is 3.21. The van der Waals surface area contributed by atoms with E-state index in [0.717, 1.165) is 19.5 Å². The Bertz CT molecular complexity index is 569. The highest BCUT2D eigenvalue weighted by Gasteiger charge is 2.37. The third-order valence-corrected chi connectivity index (χ3v) is 4.89. The number of nitrogens with zero attached hydrogens (tertiary/aromatic N) is 3. The lowest BCUT2D eigenvalue weighted by Crippen LogP contribution is -2.50. The zero-order valence-corrected chi connectivity index (χ0v) is 13.5. The van der Waals surface area contributed by atoms with Crippen LogP contribution in [0.25, 0.3) is 0 Å². The highest BCUT2D eigenvalue weighted by Crippen LogP contribution is 2.25. The van der Waals surface area contributed by atoms with Crippen molar-refractivity contribution < 1.29 is 4.79 Å². The van der Waals surface area contributed by atoms with E-state index < -0.39 is 0 Å². The Kier molecular flexibility index (Phi) is 4.24. The number of rotatable bonds is 3. The predicted octanol–water partition coefficient (Wildman–Crippen LogP) is 2.35. The number of halogens is 1.